The molecule has 0 radical (unpaired) electrons. The normalized spacial score (nSPS) is 28.0. The number of aromatic nitrogens is 2. The molecule has 1 aromatic rings. The number of hydrogen-bond acceptors (Lipinski definition) is 3. The number of nitrogens with one attached hydrogen (secondary N) is 1. The van der Waals surface area contributed by atoms with Crippen LogP contribution in [-0.4, -0.2) is 21.2 Å². The third-order valence-corrected chi connectivity index (χ3v) is 4.93. The molecule has 1 amide bonds. The van der Waals surface area contributed by atoms with Gasteiger partial charge in [-0.05, 0) is 39.5 Å². The molecule has 5 nitrogen and oxygen atoms in total. The number of nitrogens with zero attached hydrogens (tertiary/aromatic N) is 2. The molecule has 0 saturated heterocycles. The average Bonchev–Trinajstić information content (AvgIpc) is 3.20. The number of carbonyl (C=O) groups is 1. The molecule has 0 aliphatic heterocycles. The number of nitrogens with two attached hydrogens (primary N) is 1. The summed E-state index contributed by atoms with van der Waals surface area (Å²) in [5.74, 6) is 1.24. The first kappa shape index (κ1) is 17.3. The summed E-state index contributed by atoms with van der Waals surface area (Å²) in [7, 11) is 0. The lowest BCUT2D eigenvalue weighted by Crippen LogP contribution is -2.51. The first-order valence-corrected chi connectivity index (χ1v) is 8.19. The Morgan fingerprint density at radius 3 is 2.77 bits per heavy atom. The Bertz CT molecular complexity index is 536. The first-order valence-electron chi connectivity index (χ1n) is 8.19. The van der Waals surface area contributed by atoms with Gasteiger partial charge in [0.2, 0.25) is 5.91 Å². The van der Waals surface area contributed by atoms with Gasteiger partial charge in [-0.1, -0.05) is 12.8 Å². The van der Waals surface area contributed by atoms with Crippen molar-refractivity contribution in [1.82, 2.24) is 9.78 Å². The van der Waals surface area contributed by atoms with Gasteiger partial charge in [0.25, 0.3) is 0 Å². The van der Waals surface area contributed by atoms with Crippen LogP contribution in [0, 0.1) is 5.92 Å². The van der Waals surface area contributed by atoms with Crippen molar-refractivity contribution < 1.29 is 4.79 Å². The molecule has 124 valence electrons. The Kier molecular flexibility index (Phi) is 5.17. The lowest BCUT2D eigenvalue weighted by atomic mass is 9.74. The second kappa shape index (κ2) is 6.59. The van der Waals surface area contributed by atoms with Gasteiger partial charge in [0.1, 0.15) is 0 Å². The van der Waals surface area contributed by atoms with Crippen molar-refractivity contribution in [2.75, 3.05) is 5.32 Å². The van der Waals surface area contributed by atoms with Crippen molar-refractivity contribution in [3.8, 4) is 0 Å². The van der Waals surface area contributed by atoms with Crippen molar-refractivity contribution in [1.29, 1.82) is 0 Å². The van der Waals surface area contributed by atoms with E-state index in [9.17, 15) is 4.79 Å². The van der Waals surface area contributed by atoms with E-state index in [0.717, 1.165) is 32.2 Å². The van der Waals surface area contributed by atoms with Crippen LogP contribution < -0.4 is 11.1 Å². The SMILES string of the molecule is CCn1nc(NC(=O)C2CCCCC2(C)N)cc1C1CC1.Cl. The maximum atomic E-state index is 12.5. The van der Waals surface area contributed by atoms with Crippen LogP contribution in [0.1, 0.15) is 64.0 Å². The zero-order valence-corrected chi connectivity index (χ0v) is 14.3. The maximum absolute atomic E-state index is 12.5. The molecular formula is C16H27ClN4O. The molecule has 2 aliphatic rings. The van der Waals surface area contributed by atoms with Gasteiger partial charge >= 0.3 is 0 Å². The van der Waals surface area contributed by atoms with Gasteiger partial charge in [0.05, 0.1) is 5.92 Å². The number of anilines is 1. The quantitative estimate of drug-likeness (QED) is 0.893. The fourth-order valence-corrected chi connectivity index (χ4v) is 3.46. The minimum Gasteiger partial charge on any atom is -0.325 e. The fraction of sp³-hybridized carbons (Fsp3) is 0.750. The molecular weight excluding hydrogens is 300 g/mol. The van der Waals surface area contributed by atoms with E-state index in [4.69, 9.17) is 5.73 Å². The summed E-state index contributed by atoms with van der Waals surface area (Å²) in [6, 6.07) is 2.04. The molecule has 22 heavy (non-hydrogen) atoms. The molecule has 3 rings (SSSR count). The van der Waals surface area contributed by atoms with E-state index in [1.54, 1.807) is 0 Å². The van der Waals surface area contributed by atoms with Crippen LogP contribution in [-0.2, 0) is 11.3 Å². The number of carbonyl (C=O) groups excluding carboxylic acids is 1. The van der Waals surface area contributed by atoms with Crippen molar-refractivity contribution in [3.05, 3.63) is 11.8 Å². The molecule has 1 heterocycles. The van der Waals surface area contributed by atoms with E-state index in [-0.39, 0.29) is 24.2 Å². The molecule has 0 aromatic carbocycles. The molecule has 1 aromatic heterocycles. The average molecular weight is 327 g/mol. The summed E-state index contributed by atoms with van der Waals surface area (Å²) in [6.07, 6.45) is 6.48. The first-order chi connectivity index (χ1) is 10.0. The van der Waals surface area contributed by atoms with Crippen LogP contribution in [0.15, 0.2) is 6.07 Å². The van der Waals surface area contributed by atoms with Gasteiger partial charge in [-0.2, -0.15) is 5.10 Å². The summed E-state index contributed by atoms with van der Waals surface area (Å²) in [4.78, 5) is 12.5. The summed E-state index contributed by atoms with van der Waals surface area (Å²) in [5.41, 5.74) is 7.17. The zero-order chi connectivity index (χ0) is 15.0. The second-order valence-electron chi connectivity index (χ2n) is 6.84. The van der Waals surface area contributed by atoms with E-state index < -0.39 is 5.54 Å². The van der Waals surface area contributed by atoms with Crippen LogP contribution in [0.3, 0.4) is 0 Å². The van der Waals surface area contributed by atoms with Gasteiger partial charge in [-0.3, -0.25) is 9.48 Å². The molecule has 2 aliphatic carbocycles. The topological polar surface area (TPSA) is 72.9 Å². The highest BCUT2D eigenvalue weighted by molar-refractivity contribution is 5.92. The van der Waals surface area contributed by atoms with Gasteiger partial charge < -0.3 is 11.1 Å². The third kappa shape index (κ3) is 3.46. The van der Waals surface area contributed by atoms with Gasteiger partial charge in [0.15, 0.2) is 5.82 Å². The Balaban J connectivity index is 0.00000176. The van der Waals surface area contributed by atoms with Crippen LogP contribution in [0.2, 0.25) is 0 Å². The molecule has 6 heteroatoms. The fourth-order valence-electron chi connectivity index (χ4n) is 3.46. The minimum atomic E-state index is -0.394. The number of aryl methyl sites for hydroxylation is 1. The van der Waals surface area contributed by atoms with E-state index in [1.807, 2.05) is 17.7 Å². The highest BCUT2D eigenvalue weighted by Gasteiger charge is 2.38. The standard InChI is InChI=1S/C16H26N4O.ClH/c1-3-20-13(11-7-8-11)10-14(19-20)18-15(21)12-6-4-5-9-16(12,2)17;/h10-12H,3-9,17H2,1-2H3,(H,18,19,21);1H. The molecule has 2 fully saturated rings. The predicted octanol–water partition coefficient (Wildman–Crippen LogP) is 3.05. The van der Waals surface area contributed by atoms with Crippen molar-refractivity contribution in [2.45, 2.75) is 70.4 Å². The summed E-state index contributed by atoms with van der Waals surface area (Å²) in [5, 5.41) is 7.51. The van der Waals surface area contributed by atoms with Gasteiger partial charge in [0, 0.05) is 29.8 Å². The van der Waals surface area contributed by atoms with Crippen molar-refractivity contribution in [2.24, 2.45) is 11.7 Å². The molecule has 2 saturated carbocycles. The molecule has 3 N–H and O–H groups in total. The Hall–Kier alpha value is -1.07. The number of amides is 1. The Labute approximate surface area is 138 Å². The van der Waals surface area contributed by atoms with Crippen LogP contribution in [0.4, 0.5) is 5.82 Å². The Morgan fingerprint density at radius 1 is 1.45 bits per heavy atom. The van der Waals surface area contributed by atoms with Gasteiger partial charge in [-0.25, -0.2) is 0 Å². The van der Waals surface area contributed by atoms with Crippen LogP contribution in [0.5, 0.6) is 0 Å². The number of halogens is 1. The maximum Gasteiger partial charge on any atom is 0.230 e. The number of hydrogen-bond donors (Lipinski definition) is 2. The van der Waals surface area contributed by atoms with E-state index in [1.165, 1.54) is 18.5 Å². The highest BCUT2D eigenvalue weighted by Crippen LogP contribution is 2.41. The minimum absolute atomic E-state index is 0. The Morgan fingerprint density at radius 2 is 2.18 bits per heavy atom. The second-order valence-corrected chi connectivity index (χ2v) is 6.84. The summed E-state index contributed by atoms with van der Waals surface area (Å²) >= 11 is 0. The number of rotatable bonds is 4. The smallest absolute Gasteiger partial charge is 0.230 e. The molecule has 2 unspecified atom stereocenters. The third-order valence-electron chi connectivity index (χ3n) is 4.93. The van der Waals surface area contributed by atoms with Crippen molar-refractivity contribution in [3.63, 3.8) is 0 Å². The van der Waals surface area contributed by atoms with Crippen molar-refractivity contribution >= 4 is 24.1 Å². The van der Waals surface area contributed by atoms with E-state index in [2.05, 4.69) is 17.3 Å². The van der Waals surface area contributed by atoms with Crippen LogP contribution in [0.25, 0.3) is 0 Å². The summed E-state index contributed by atoms with van der Waals surface area (Å²) < 4.78 is 2.01. The monoisotopic (exact) mass is 326 g/mol. The van der Waals surface area contributed by atoms with E-state index >= 15 is 0 Å². The van der Waals surface area contributed by atoms with Crippen LogP contribution >= 0.6 is 12.4 Å². The molecule has 2 atom stereocenters. The lowest BCUT2D eigenvalue weighted by Gasteiger charge is -2.37. The predicted molar refractivity (Wildman–Crippen MR) is 90.3 cm³/mol. The largest absolute Gasteiger partial charge is 0.325 e. The zero-order valence-electron chi connectivity index (χ0n) is 13.5. The summed E-state index contributed by atoms with van der Waals surface area (Å²) in [6.45, 7) is 4.93. The lowest BCUT2D eigenvalue weighted by molar-refractivity contribution is -0.122. The molecule has 0 bridgehead atoms. The molecule has 0 spiro atoms. The van der Waals surface area contributed by atoms with Gasteiger partial charge in [-0.15, -0.1) is 12.4 Å². The highest BCUT2D eigenvalue weighted by atomic mass is 35.5. The van der Waals surface area contributed by atoms with E-state index in [0.29, 0.717) is 11.7 Å².